The summed E-state index contributed by atoms with van der Waals surface area (Å²) < 4.78 is 1.76. The minimum atomic E-state index is -0.0411. The molecule has 5 rings (SSSR count). The average molecular weight is 475 g/mol. The first-order valence-electron chi connectivity index (χ1n) is 11.3. The van der Waals surface area contributed by atoms with Crippen LogP contribution < -0.4 is 5.32 Å². The van der Waals surface area contributed by atoms with Crippen LogP contribution in [0.15, 0.2) is 42.9 Å². The first kappa shape index (κ1) is 22.1. The maximum Gasteiger partial charge on any atom is 0.284 e. The Hall–Kier alpha value is -3.66. The van der Waals surface area contributed by atoms with E-state index < -0.39 is 0 Å². The number of amides is 1. The van der Waals surface area contributed by atoms with Crippen LogP contribution in [0.1, 0.15) is 36.5 Å². The van der Waals surface area contributed by atoms with Gasteiger partial charge in [0.2, 0.25) is 5.01 Å². The third-order valence-corrected chi connectivity index (χ3v) is 6.54. The summed E-state index contributed by atoms with van der Waals surface area (Å²) in [5.41, 5.74) is 5.00. The van der Waals surface area contributed by atoms with Crippen molar-refractivity contribution in [1.82, 2.24) is 34.8 Å². The molecule has 1 fully saturated rings. The largest absolute Gasteiger partial charge is 0.382 e. The molecule has 0 unspecified atom stereocenters. The lowest BCUT2D eigenvalue weighted by Crippen LogP contribution is -2.27. The van der Waals surface area contributed by atoms with Gasteiger partial charge in [-0.15, -0.1) is 10.2 Å². The number of carbonyl (C=O) groups is 1. The predicted molar refractivity (Wildman–Crippen MR) is 132 cm³/mol. The summed E-state index contributed by atoms with van der Waals surface area (Å²) in [6.07, 6.45) is 7.60. The van der Waals surface area contributed by atoms with Crippen molar-refractivity contribution in [1.29, 1.82) is 0 Å². The standard InChI is InChI=1S/C24H26N8OS/c1-15(2)27-20-11-21(19-8-6-7-18(28-19)16-12-26-31(3)14-16)25-13-17(20)22-29-30-23(34-22)24(33)32-9-4-5-10-32/h6-8,11-15H,4-5,9-10H2,1-3H3,(H,25,27). The summed E-state index contributed by atoms with van der Waals surface area (Å²) in [5, 5.41) is 17.3. The summed E-state index contributed by atoms with van der Waals surface area (Å²) in [7, 11) is 1.88. The van der Waals surface area contributed by atoms with Crippen molar-refractivity contribution < 1.29 is 4.79 Å². The molecular weight excluding hydrogens is 448 g/mol. The Morgan fingerprint density at radius 3 is 2.62 bits per heavy atom. The molecule has 1 aliphatic rings. The van der Waals surface area contributed by atoms with Crippen molar-refractivity contribution >= 4 is 22.9 Å². The summed E-state index contributed by atoms with van der Waals surface area (Å²) >= 11 is 1.31. The van der Waals surface area contributed by atoms with Crippen LogP contribution in [0.2, 0.25) is 0 Å². The van der Waals surface area contributed by atoms with Crippen molar-refractivity contribution in [2.75, 3.05) is 18.4 Å². The van der Waals surface area contributed by atoms with E-state index in [0.29, 0.717) is 10.0 Å². The zero-order valence-electron chi connectivity index (χ0n) is 19.4. The molecule has 1 saturated heterocycles. The lowest BCUT2D eigenvalue weighted by atomic mass is 10.1. The van der Waals surface area contributed by atoms with Gasteiger partial charge in [0.05, 0.1) is 28.8 Å². The van der Waals surface area contributed by atoms with E-state index in [0.717, 1.165) is 59.8 Å². The average Bonchev–Trinajstić information content (AvgIpc) is 3.60. The van der Waals surface area contributed by atoms with Crippen LogP contribution in [-0.4, -0.2) is 59.9 Å². The molecular formula is C24H26N8OS. The number of carbonyl (C=O) groups excluding carboxylic acids is 1. The minimum Gasteiger partial charge on any atom is -0.382 e. The fourth-order valence-electron chi connectivity index (χ4n) is 3.96. The van der Waals surface area contributed by atoms with Gasteiger partial charge in [-0.3, -0.25) is 14.5 Å². The van der Waals surface area contributed by atoms with Crippen LogP contribution in [-0.2, 0) is 7.05 Å². The number of hydrogen-bond acceptors (Lipinski definition) is 8. The highest BCUT2D eigenvalue weighted by molar-refractivity contribution is 7.16. The molecule has 10 heteroatoms. The summed E-state index contributed by atoms with van der Waals surface area (Å²) in [6.45, 7) is 5.73. The molecule has 34 heavy (non-hydrogen) atoms. The Bertz CT molecular complexity index is 1320. The van der Waals surface area contributed by atoms with Gasteiger partial charge in [-0.1, -0.05) is 17.4 Å². The fourth-order valence-corrected chi connectivity index (χ4v) is 4.80. The van der Waals surface area contributed by atoms with Gasteiger partial charge in [0.25, 0.3) is 5.91 Å². The molecule has 1 aliphatic heterocycles. The van der Waals surface area contributed by atoms with Crippen LogP contribution in [0.3, 0.4) is 0 Å². The second kappa shape index (κ2) is 9.30. The highest BCUT2D eigenvalue weighted by Crippen LogP contribution is 2.34. The normalized spacial score (nSPS) is 13.6. The van der Waals surface area contributed by atoms with E-state index in [1.807, 2.05) is 42.4 Å². The molecule has 5 heterocycles. The molecule has 0 atom stereocenters. The quantitative estimate of drug-likeness (QED) is 0.448. The Balaban J connectivity index is 1.48. The second-order valence-corrected chi connectivity index (χ2v) is 9.61. The van der Waals surface area contributed by atoms with E-state index in [1.165, 1.54) is 11.3 Å². The maximum absolute atomic E-state index is 12.7. The Labute approximate surface area is 201 Å². The Kier molecular flexibility index (Phi) is 6.06. The van der Waals surface area contributed by atoms with Crippen molar-refractivity contribution in [3.8, 4) is 33.2 Å². The Morgan fingerprint density at radius 2 is 1.88 bits per heavy atom. The van der Waals surface area contributed by atoms with E-state index in [-0.39, 0.29) is 11.9 Å². The lowest BCUT2D eigenvalue weighted by molar-refractivity contribution is 0.0791. The first-order chi connectivity index (χ1) is 16.5. The fraction of sp³-hybridized carbons (Fsp3) is 0.333. The van der Waals surface area contributed by atoms with Crippen molar-refractivity contribution in [3.05, 3.63) is 47.9 Å². The van der Waals surface area contributed by atoms with Gasteiger partial charge in [-0.2, -0.15) is 5.10 Å². The molecule has 4 aromatic rings. The van der Waals surface area contributed by atoms with Gasteiger partial charge < -0.3 is 10.2 Å². The maximum atomic E-state index is 12.7. The van der Waals surface area contributed by atoms with Crippen molar-refractivity contribution in [3.63, 3.8) is 0 Å². The van der Waals surface area contributed by atoms with Crippen LogP contribution >= 0.6 is 11.3 Å². The molecule has 1 amide bonds. The molecule has 0 aromatic carbocycles. The number of likely N-dealkylation sites (tertiary alicyclic amines) is 1. The molecule has 9 nitrogen and oxygen atoms in total. The van der Waals surface area contributed by atoms with E-state index in [1.54, 1.807) is 17.1 Å². The first-order valence-corrected chi connectivity index (χ1v) is 12.2. The van der Waals surface area contributed by atoms with Gasteiger partial charge in [0.15, 0.2) is 5.01 Å². The van der Waals surface area contributed by atoms with Crippen LogP contribution in [0.5, 0.6) is 0 Å². The number of nitrogens with one attached hydrogen (secondary N) is 1. The van der Waals surface area contributed by atoms with E-state index in [4.69, 9.17) is 4.98 Å². The lowest BCUT2D eigenvalue weighted by Gasteiger charge is -2.15. The van der Waals surface area contributed by atoms with Gasteiger partial charge in [0.1, 0.15) is 0 Å². The van der Waals surface area contributed by atoms with Gasteiger partial charge in [0, 0.05) is 49.8 Å². The second-order valence-electron chi connectivity index (χ2n) is 8.64. The Morgan fingerprint density at radius 1 is 1.09 bits per heavy atom. The molecule has 1 N–H and O–H groups in total. The highest BCUT2D eigenvalue weighted by Gasteiger charge is 2.24. The number of hydrogen-bond donors (Lipinski definition) is 1. The van der Waals surface area contributed by atoms with Crippen LogP contribution in [0.25, 0.3) is 33.2 Å². The zero-order chi connectivity index (χ0) is 23.7. The molecule has 174 valence electrons. The highest BCUT2D eigenvalue weighted by atomic mass is 32.1. The number of nitrogens with zero attached hydrogens (tertiary/aromatic N) is 7. The third-order valence-electron chi connectivity index (χ3n) is 5.59. The van der Waals surface area contributed by atoms with Gasteiger partial charge in [-0.25, -0.2) is 4.98 Å². The molecule has 0 aliphatic carbocycles. The smallest absolute Gasteiger partial charge is 0.284 e. The van der Waals surface area contributed by atoms with E-state index >= 15 is 0 Å². The zero-order valence-corrected chi connectivity index (χ0v) is 20.2. The molecule has 0 saturated carbocycles. The van der Waals surface area contributed by atoms with Crippen LogP contribution in [0.4, 0.5) is 5.69 Å². The summed E-state index contributed by atoms with van der Waals surface area (Å²) in [6, 6.07) is 8.05. The van der Waals surface area contributed by atoms with Gasteiger partial charge in [-0.05, 0) is 44.9 Å². The van der Waals surface area contributed by atoms with Crippen molar-refractivity contribution in [2.45, 2.75) is 32.7 Å². The molecule has 0 bridgehead atoms. The van der Waals surface area contributed by atoms with E-state index in [9.17, 15) is 4.79 Å². The number of pyridine rings is 2. The third kappa shape index (κ3) is 4.54. The predicted octanol–water partition coefficient (Wildman–Crippen LogP) is 4.12. The topological polar surface area (TPSA) is 102 Å². The number of rotatable bonds is 6. The molecule has 0 radical (unpaired) electrons. The monoisotopic (exact) mass is 474 g/mol. The number of anilines is 1. The van der Waals surface area contributed by atoms with Crippen LogP contribution in [0, 0.1) is 0 Å². The van der Waals surface area contributed by atoms with Gasteiger partial charge >= 0.3 is 0 Å². The summed E-state index contributed by atoms with van der Waals surface area (Å²) in [5.74, 6) is -0.0411. The number of aryl methyl sites for hydroxylation is 1. The summed E-state index contributed by atoms with van der Waals surface area (Å²) in [4.78, 5) is 24.1. The minimum absolute atomic E-state index is 0.0411. The SMILES string of the molecule is CC(C)Nc1cc(-c2cccc(-c3cnn(C)c3)n2)ncc1-c1nnc(C(=O)N2CCCC2)s1. The van der Waals surface area contributed by atoms with Crippen molar-refractivity contribution in [2.24, 2.45) is 7.05 Å². The molecule has 0 spiro atoms. The molecule has 4 aromatic heterocycles. The number of aromatic nitrogens is 6. The van der Waals surface area contributed by atoms with E-state index in [2.05, 4.69) is 39.4 Å².